The van der Waals surface area contributed by atoms with E-state index in [1.54, 1.807) is 6.92 Å². The van der Waals surface area contributed by atoms with Crippen molar-refractivity contribution in [2.75, 3.05) is 6.61 Å². The molecule has 0 radical (unpaired) electrons. The van der Waals surface area contributed by atoms with Crippen molar-refractivity contribution in [3.8, 4) is 0 Å². The van der Waals surface area contributed by atoms with Crippen LogP contribution < -0.4 is 0 Å². The Morgan fingerprint density at radius 1 is 1.32 bits per heavy atom. The molecule has 3 heterocycles. The molecule has 6 heteroatoms. The second kappa shape index (κ2) is 4.30. The van der Waals surface area contributed by atoms with Gasteiger partial charge in [0.25, 0.3) is 0 Å². The van der Waals surface area contributed by atoms with E-state index in [2.05, 4.69) is 0 Å². The Bertz CT molecular complexity index is 420. The molecule has 0 N–H and O–H groups in total. The Morgan fingerprint density at radius 2 is 1.84 bits per heavy atom. The van der Waals surface area contributed by atoms with Crippen LogP contribution in [-0.4, -0.2) is 47.5 Å². The summed E-state index contributed by atoms with van der Waals surface area (Å²) >= 11 is 0. The van der Waals surface area contributed by atoms with Gasteiger partial charge < -0.3 is 9.47 Å². The fourth-order valence-electron chi connectivity index (χ4n) is 3.49. The molecule has 0 saturated carbocycles. The Labute approximate surface area is 111 Å². The zero-order valence-corrected chi connectivity index (χ0v) is 11.0. The molecule has 5 atom stereocenters. The molecule has 3 fully saturated rings. The lowest BCUT2D eigenvalue weighted by atomic mass is 9.81. The van der Waals surface area contributed by atoms with Crippen LogP contribution in [0.1, 0.15) is 26.7 Å². The average Bonchev–Trinajstić information content (AvgIpc) is 3.03. The number of rotatable bonds is 3. The molecule has 6 nitrogen and oxygen atoms in total. The van der Waals surface area contributed by atoms with Crippen LogP contribution in [0.25, 0.3) is 0 Å². The van der Waals surface area contributed by atoms with E-state index in [1.807, 2.05) is 0 Å². The third-order valence-corrected chi connectivity index (χ3v) is 4.33. The molecule has 3 rings (SSSR count). The van der Waals surface area contributed by atoms with Crippen LogP contribution in [0.2, 0.25) is 0 Å². The third kappa shape index (κ3) is 1.62. The van der Waals surface area contributed by atoms with E-state index in [0.717, 1.165) is 17.7 Å². The van der Waals surface area contributed by atoms with E-state index in [-0.39, 0.29) is 42.5 Å². The van der Waals surface area contributed by atoms with Crippen molar-refractivity contribution in [1.82, 2.24) is 4.90 Å². The minimum Gasteiger partial charge on any atom is -0.464 e. The molecule has 0 aromatic carbocycles. The first-order chi connectivity index (χ1) is 9.06. The lowest BCUT2D eigenvalue weighted by Gasteiger charge is -2.22. The van der Waals surface area contributed by atoms with Gasteiger partial charge in [0.2, 0.25) is 11.8 Å². The van der Waals surface area contributed by atoms with Crippen LogP contribution in [0.5, 0.6) is 0 Å². The smallest absolute Gasteiger partial charge is 0.329 e. The number of ether oxygens (including phenoxy) is 2. The minimum absolute atomic E-state index is 0.147. The first-order valence-electron chi connectivity index (χ1n) is 6.75. The predicted octanol–water partition coefficient (Wildman–Crippen LogP) is 0.100. The highest BCUT2D eigenvalue weighted by Crippen LogP contribution is 2.48. The molecule has 0 aliphatic carbocycles. The van der Waals surface area contributed by atoms with Crippen molar-refractivity contribution < 1.29 is 23.9 Å². The van der Waals surface area contributed by atoms with E-state index in [4.69, 9.17) is 9.47 Å². The average molecular weight is 267 g/mol. The number of esters is 1. The number of likely N-dealkylation sites (tertiary alicyclic amines) is 1. The summed E-state index contributed by atoms with van der Waals surface area (Å²) in [6.45, 7) is 3.47. The fraction of sp³-hybridized carbons (Fsp3) is 0.769. The largest absolute Gasteiger partial charge is 0.464 e. The third-order valence-electron chi connectivity index (χ3n) is 4.33. The first kappa shape index (κ1) is 12.6. The van der Waals surface area contributed by atoms with Crippen molar-refractivity contribution in [2.45, 2.75) is 44.9 Å². The van der Waals surface area contributed by atoms with Crippen molar-refractivity contribution in [3.63, 3.8) is 0 Å². The van der Waals surface area contributed by atoms with E-state index >= 15 is 0 Å². The van der Waals surface area contributed by atoms with Crippen LogP contribution in [0.15, 0.2) is 0 Å². The zero-order valence-electron chi connectivity index (χ0n) is 11.0. The number of hydrogen-bond acceptors (Lipinski definition) is 5. The molecule has 104 valence electrons. The van der Waals surface area contributed by atoms with Crippen LogP contribution in [-0.2, 0) is 23.9 Å². The maximum atomic E-state index is 12.4. The van der Waals surface area contributed by atoms with Crippen molar-refractivity contribution >= 4 is 17.8 Å². The topological polar surface area (TPSA) is 72.9 Å². The summed E-state index contributed by atoms with van der Waals surface area (Å²) in [5, 5.41) is 0. The van der Waals surface area contributed by atoms with Gasteiger partial charge in [0, 0.05) is 0 Å². The van der Waals surface area contributed by atoms with Crippen LogP contribution in [0.3, 0.4) is 0 Å². The molecule has 19 heavy (non-hydrogen) atoms. The fourth-order valence-corrected chi connectivity index (χ4v) is 3.49. The number of fused-ring (bicyclic) bond motifs is 5. The Kier molecular flexibility index (Phi) is 2.85. The maximum Gasteiger partial charge on any atom is 0.329 e. The maximum absolute atomic E-state index is 12.4. The molecular weight excluding hydrogens is 250 g/mol. The van der Waals surface area contributed by atoms with Crippen LogP contribution in [0.4, 0.5) is 0 Å². The monoisotopic (exact) mass is 267 g/mol. The molecule has 0 aromatic rings. The molecule has 2 bridgehead atoms. The van der Waals surface area contributed by atoms with Gasteiger partial charge in [-0.1, -0.05) is 0 Å². The van der Waals surface area contributed by atoms with Gasteiger partial charge in [-0.15, -0.1) is 0 Å². The molecule has 0 aromatic heterocycles. The van der Waals surface area contributed by atoms with Crippen molar-refractivity contribution in [2.24, 2.45) is 11.8 Å². The summed E-state index contributed by atoms with van der Waals surface area (Å²) in [6.07, 6.45) is 1.36. The van der Waals surface area contributed by atoms with Gasteiger partial charge >= 0.3 is 5.97 Å². The summed E-state index contributed by atoms with van der Waals surface area (Å²) in [4.78, 5) is 37.5. The highest BCUT2D eigenvalue weighted by Gasteiger charge is 2.63. The lowest BCUT2D eigenvalue weighted by molar-refractivity contribution is -0.159. The molecular formula is C13H17NO5. The van der Waals surface area contributed by atoms with E-state index in [0.29, 0.717) is 0 Å². The quantitative estimate of drug-likeness (QED) is 0.535. The number of carbonyl (C=O) groups excluding carboxylic acids is 3. The van der Waals surface area contributed by atoms with E-state index < -0.39 is 12.0 Å². The SMILES string of the molecule is CCOC(=O)C(C)N1C(=O)[C@@H]2[C@H](C1=O)[C@@H]1CC[C@H]2O1. The normalized spacial score (nSPS) is 37.7. The second-order valence-electron chi connectivity index (χ2n) is 5.32. The van der Waals surface area contributed by atoms with Crippen LogP contribution >= 0.6 is 0 Å². The summed E-state index contributed by atoms with van der Waals surface area (Å²) in [6, 6.07) is -0.843. The number of carbonyl (C=O) groups is 3. The zero-order chi connectivity index (χ0) is 13.7. The van der Waals surface area contributed by atoms with Gasteiger partial charge in [0.15, 0.2) is 0 Å². The Morgan fingerprint density at radius 3 is 2.32 bits per heavy atom. The van der Waals surface area contributed by atoms with Gasteiger partial charge in [-0.2, -0.15) is 0 Å². The predicted molar refractivity (Wildman–Crippen MR) is 62.8 cm³/mol. The summed E-state index contributed by atoms with van der Waals surface area (Å²) in [5.41, 5.74) is 0. The van der Waals surface area contributed by atoms with Gasteiger partial charge in [-0.25, -0.2) is 4.79 Å². The number of amides is 2. The van der Waals surface area contributed by atoms with Crippen LogP contribution in [0, 0.1) is 11.8 Å². The first-order valence-corrected chi connectivity index (χ1v) is 6.75. The standard InChI is InChI=1S/C13H17NO5/c1-3-18-13(17)6(2)14-11(15)9-7-4-5-8(19-7)10(9)12(14)16/h6-10H,3-5H2,1-2H3/t6?,7-,8+,9+,10-. The molecule has 3 aliphatic heterocycles. The Balaban J connectivity index is 1.83. The molecule has 3 aliphatic rings. The van der Waals surface area contributed by atoms with Gasteiger partial charge in [0.05, 0.1) is 30.7 Å². The molecule has 3 saturated heterocycles. The highest BCUT2D eigenvalue weighted by atomic mass is 16.5. The highest BCUT2D eigenvalue weighted by molar-refractivity contribution is 6.08. The van der Waals surface area contributed by atoms with Gasteiger partial charge in [-0.05, 0) is 26.7 Å². The minimum atomic E-state index is -0.843. The van der Waals surface area contributed by atoms with Crippen molar-refractivity contribution in [3.05, 3.63) is 0 Å². The second-order valence-corrected chi connectivity index (χ2v) is 5.32. The lowest BCUT2D eigenvalue weighted by Crippen LogP contribution is -2.45. The molecule has 0 spiro atoms. The number of nitrogens with zero attached hydrogens (tertiary/aromatic N) is 1. The summed E-state index contributed by atoms with van der Waals surface area (Å²) < 4.78 is 10.5. The molecule has 2 amide bonds. The number of hydrogen-bond donors (Lipinski definition) is 0. The summed E-state index contributed by atoms with van der Waals surface area (Å²) in [7, 11) is 0. The van der Waals surface area contributed by atoms with Gasteiger partial charge in [-0.3, -0.25) is 14.5 Å². The Hall–Kier alpha value is -1.43. The summed E-state index contributed by atoms with van der Waals surface area (Å²) in [5.74, 6) is -1.85. The van der Waals surface area contributed by atoms with Gasteiger partial charge in [0.1, 0.15) is 6.04 Å². The van der Waals surface area contributed by atoms with E-state index in [9.17, 15) is 14.4 Å². The van der Waals surface area contributed by atoms with E-state index in [1.165, 1.54) is 6.92 Å². The van der Waals surface area contributed by atoms with Crippen molar-refractivity contribution in [1.29, 1.82) is 0 Å². The number of imide groups is 1. The molecule has 1 unspecified atom stereocenters.